The molecule has 0 radical (unpaired) electrons. The number of hydrogen-bond acceptors (Lipinski definition) is 4. The summed E-state index contributed by atoms with van der Waals surface area (Å²) < 4.78 is 5.34. The Labute approximate surface area is 144 Å². The standard InChI is InChI=1S/C19H18O4S/c1-19(2)8-9-24-16-7-6-13(11-15(16)19)18(22)23-14-5-3-4-12(10-14)17(20)21/h3-7,10-11H,8-9H2,1-2H3,(H,20,21). The van der Waals surface area contributed by atoms with Gasteiger partial charge in [-0.1, -0.05) is 19.9 Å². The van der Waals surface area contributed by atoms with E-state index in [0.29, 0.717) is 5.56 Å². The number of thioether (sulfide) groups is 1. The summed E-state index contributed by atoms with van der Waals surface area (Å²) >= 11 is 1.80. The predicted octanol–water partition coefficient (Wildman–Crippen LogP) is 4.38. The van der Waals surface area contributed by atoms with Crippen LogP contribution in [0.4, 0.5) is 0 Å². The molecule has 124 valence electrons. The summed E-state index contributed by atoms with van der Waals surface area (Å²) in [5.41, 5.74) is 1.75. The number of carbonyl (C=O) groups is 2. The summed E-state index contributed by atoms with van der Waals surface area (Å²) in [4.78, 5) is 24.6. The number of carbonyl (C=O) groups excluding carboxylic acids is 1. The summed E-state index contributed by atoms with van der Waals surface area (Å²) in [5, 5.41) is 9.01. The second-order valence-corrected chi connectivity index (χ2v) is 7.55. The lowest BCUT2D eigenvalue weighted by molar-refractivity contribution is 0.0687. The van der Waals surface area contributed by atoms with Gasteiger partial charge in [0.1, 0.15) is 5.75 Å². The van der Waals surface area contributed by atoms with E-state index in [9.17, 15) is 9.59 Å². The second kappa shape index (κ2) is 6.32. The number of ether oxygens (including phenoxy) is 1. The van der Waals surface area contributed by atoms with Crippen molar-refractivity contribution in [1.82, 2.24) is 0 Å². The first-order valence-corrected chi connectivity index (χ1v) is 8.68. The largest absolute Gasteiger partial charge is 0.478 e. The van der Waals surface area contributed by atoms with E-state index in [0.717, 1.165) is 17.7 Å². The molecule has 2 aromatic carbocycles. The highest BCUT2D eigenvalue weighted by Gasteiger charge is 2.28. The molecule has 4 nitrogen and oxygen atoms in total. The smallest absolute Gasteiger partial charge is 0.343 e. The Morgan fingerprint density at radius 1 is 1.12 bits per heavy atom. The number of hydrogen-bond donors (Lipinski definition) is 1. The Morgan fingerprint density at radius 2 is 1.92 bits per heavy atom. The van der Waals surface area contributed by atoms with Crippen LogP contribution in [0.5, 0.6) is 5.75 Å². The molecular formula is C19H18O4S. The van der Waals surface area contributed by atoms with Crippen molar-refractivity contribution >= 4 is 23.7 Å². The molecule has 2 aromatic rings. The first kappa shape index (κ1) is 16.6. The van der Waals surface area contributed by atoms with E-state index in [1.54, 1.807) is 30.0 Å². The first-order valence-electron chi connectivity index (χ1n) is 7.70. The van der Waals surface area contributed by atoms with Crippen molar-refractivity contribution < 1.29 is 19.4 Å². The van der Waals surface area contributed by atoms with E-state index in [2.05, 4.69) is 13.8 Å². The van der Waals surface area contributed by atoms with E-state index in [1.165, 1.54) is 17.0 Å². The molecule has 3 rings (SSSR count). The van der Waals surface area contributed by atoms with Crippen LogP contribution in [0.3, 0.4) is 0 Å². The van der Waals surface area contributed by atoms with Crippen molar-refractivity contribution in [2.24, 2.45) is 0 Å². The summed E-state index contributed by atoms with van der Waals surface area (Å²) in [6.45, 7) is 4.36. The molecule has 0 saturated heterocycles. The van der Waals surface area contributed by atoms with Crippen molar-refractivity contribution in [3.63, 3.8) is 0 Å². The molecule has 0 bridgehead atoms. The molecule has 0 fully saturated rings. The molecular weight excluding hydrogens is 324 g/mol. The topological polar surface area (TPSA) is 63.6 Å². The molecule has 1 N–H and O–H groups in total. The third-order valence-corrected chi connectivity index (χ3v) is 5.30. The van der Waals surface area contributed by atoms with Crippen LogP contribution in [0.15, 0.2) is 47.4 Å². The summed E-state index contributed by atoms with van der Waals surface area (Å²) in [7, 11) is 0. The van der Waals surface area contributed by atoms with Crippen LogP contribution in [0.1, 0.15) is 46.5 Å². The Balaban J connectivity index is 1.86. The van der Waals surface area contributed by atoms with Gasteiger partial charge in [-0.25, -0.2) is 9.59 Å². The second-order valence-electron chi connectivity index (χ2n) is 6.42. The maximum atomic E-state index is 12.4. The number of esters is 1. The van der Waals surface area contributed by atoms with E-state index in [1.807, 2.05) is 12.1 Å². The lowest BCUT2D eigenvalue weighted by atomic mass is 9.81. The maximum absolute atomic E-state index is 12.4. The van der Waals surface area contributed by atoms with Gasteiger partial charge in [0, 0.05) is 4.90 Å². The quantitative estimate of drug-likeness (QED) is 0.662. The lowest BCUT2D eigenvalue weighted by Gasteiger charge is -2.32. The Kier molecular flexibility index (Phi) is 4.37. The van der Waals surface area contributed by atoms with Crippen LogP contribution in [-0.4, -0.2) is 22.8 Å². The summed E-state index contributed by atoms with van der Waals surface area (Å²) in [5.74, 6) is -0.232. The zero-order valence-electron chi connectivity index (χ0n) is 13.5. The predicted molar refractivity (Wildman–Crippen MR) is 93.2 cm³/mol. The van der Waals surface area contributed by atoms with Gasteiger partial charge >= 0.3 is 11.9 Å². The minimum absolute atomic E-state index is 0.0279. The van der Waals surface area contributed by atoms with Gasteiger partial charge < -0.3 is 9.84 Å². The highest BCUT2D eigenvalue weighted by atomic mass is 32.2. The van der Waals surface area contributed by atoms with Crippen LogP contribution < -0.4 is 4.74 Å². The normalized spacial score (nSPS) is 15.4. The zero-order valence-corrected chi connectivity index (χ0v) is 14.4. The van der Waals surface area contributed by atoms with Crippen LogP contribution >= 0.6 is 11.8 Å². The van der Waals surface area contributed by atoms with Gasteiger partial charge in [-0.15, -0.1) is 11.8 Å². The van der Waals surface area contributed by atoms with E-state index < -0.39 is 11.9 Å². The molecule has 0 spiro atoms. The fourth-order valence-corrected chi connectivity index (χ4v) is 4.21. The van der Waals surface area contributed by atoms with E-state index in [-0.39, 0.29) is 16.7 Å². The van der Waals surface area contributed by atoms with Crippen LogP contribution in [0.25, 0.3) is 0 Å². The van der Waals surface area contributed by atoms with Crippen molar-refractivity contribution in [3.05, 3.63) is 59.2 Å². The van der Waals surface area contributed by atoms with E-state index in [4.69, 9.17) is 9.84 Å². The number of carboxylic acid groups (broad SMARTS) is 1. The average molecular weight is 342 g/mol. The number of aromatic carboxylic acids is 1. The third-order valence-electron chi connectivity index (χ3n) is 4.22. The minimum atomic E-state index is -1.06. The van der Waals surface area contributed by atoms with Crippen LogP contribution in [0.2, 0.25) is 0 Å². The van der Waals surface area contributed by atoms with Gasteiger partial charge in [-0.05, 0) is 59.6 Å². The average Bonchev–Trinajstić information content (AvgIpc) is 2.54. The number of fused-ring (bicyclic) bond motifs is 1. The highest BCUT2D eigenvalue weighted by molar-refractivity contribution is 7.99. The van der Waals surface area contributed by atoms with Crippen LogP contribution in [0, 0.1) is 0 Å². The Hall–Kier alpha value is -2.27. The number of carboxylic acids is 1. The van der Waals surface area contributed by atoms with E-state index >= 15 is 0 Å². The summed E-state index contributed by atoms with van der Waals surface area (Å²) in [6, 6.07) is 11.5. The molecule has 0 amide bonds. The molecule has 1 aliphatic rings. The highest BCUT2D eigenvalue weighted by Crippen LogP contribution is 2.41. The van der Waals surface area contributed by atoms with Crippen molar-refractivity contribution in [2.45, 2.75) is 30.6 Å². The van der Waals surface area contributed by atoms with Crippen LogP contribution in [-0.2, 0) is 5.41 Å². The summed E-state index contributed by atoms with van der Waals surface area (Å²) in [6.07, 6.45) is 1.06. The molecule has 1 aliphatic heterocycles. The fraction of sp³-hybridized carbons (Fsp3) is 0.263. The Morgan fingerprint density at radius 3 is 2.67 bits per heavy atom. The number of rotatable bonds is 3. The van der Waals surface area contributed by atoms with Gasteiger partial charge in [0.15, 0.2) is 0 Å². The maximum Gasteiger partial charge on any atom is 0.343 e. The van der Waals surface area contributed by atoms with Gasteiger partial charge in [-0.2, -0.15) is 0 Å². The molecule has 0 unspecified atom stereocenters. The SMILES string of the molecule is CC1(C)CCSc2ccc(C(=O)Oc3cccc(C(=O)O)c3)cc21. The Bertz CT molecular complexity index is 811. The van der Waals surface area contributed by atoms with Gasteiger partial charge in [0.05, 0.1) is 11.1 Å². The van der Waals surface area contributed by atoms with Crippen molar-refractivity contribution in [1.29, 1.82) is 0 Å². The van der Waals surface area contributed by atoms with Crippen molar-refractivity contribution in [2.75, 3.05) is 5.75 Å². The molecule has 0 aromatic heterocycles. The molecule has 0 aliphatic carbocycles. The molecule has 24 heavy (non-hydrogen) atoms. The minimum Gasteiger partial charge on any atom is -0.478 e. The fourth-order valence-electron chi connectivity index (χ4n) is 2.72. The molecule has 5 heteroatoms. The van der Waals surface area contributed by atoms with Crippen molar-refractivity contribution in [3.8, 4) is 5.75 Å². The van der Waals surface area contributed by atoms with Gasteiger partial charge in [-0.3, -0.25) is 0 Å². The number of benzene rings is 2. The zero-order chi connectivity index (χ0) is 17.3. The monoisotopic (exact) mass is 342 g/mol. The van der Waals surface area contributed by atoms with Gasteiger partial charge in [0.2, 0.25) is 0 Å². The first-order chi connectivity index (χ1) is 11.4. The van der Waals surface area contributed by atoms with Gasteiger partial charge in [0.25, 0.3) is 0 Å². The molecule has 0 saturated carbocycles. The lowest BCUT2D eigenvalue weighted by Crippen LogP contribution is -2.23. The molecule has 0 atom stereocenters. The molecule has 1 heterocycles. The third kappa shape index (κ3) is 3.31.